The van der Waals surface area contributed by atoms with Crippen molar-refractivity contribution in [2.45, 2.75) is 37.9 Å². The molecule has 0 saturated heterocycles. The predicted octanol–water partition coefficient (Wildman–Crippen LogP) is -2.48. The van der Waals surface area contributed by atoms with Crippen molar-refractivity contribution in [3.63, 3.8) is 0 Å². The van der Waals surface area contributed by atoms with E-state index in [2.05, 4.69) is 0 Å². The van der Waals surface area contributed by atoms with Gasteiger partial charge in [-0.25, -0.2) is 4.79 Å². The summed E-state index contributed by atoms with van der Waals surface area (Å²) in [6.45, 7) is 1.71. The van der Waals surface area contributed by atoms with Gasteiger partial charge < -0.3 is 39.5 Å². The molecule has 0 aliphatic heterocycles. The highest BCUT2D eigenvalue weighted by Crippen LogP contribution is 2.15. The summed E-state index contributed by atoms with van der Waals surface area (Å²) in [6.07, 6.45) is -3.16. The maximum atomic E-state index is 10.7. The number of hydrogen-bond acceptors (Lipinski definition) is 8. The summed E-state index contributed by atoms with van der Waals surface area (Å²) >= 11 is 0. The third-order valence-electron chi connectivity index (χ3n) is 2.76. The van der Waals surface area contributed by atoms with E-state index in [0.29, 0.717) is 11.0 Å². The minimum Gasteiger partial charge on any atom is -0.550 e. The Morgan fingerprint density at radius 3 is 1.63 bits per heavy atom. The summed E-state index contributed by atoms with van der Waals surface area (Å²) < 4.78 is 5.39. The van der Waals surface area contributed by atoms with Crippen molar-refractivity contribution in [1.82, 2.24) is 0 Å². The molecule has 0 aliphatic rings. The third-order valence-corrected chi connectivity index (χ3v) is 2.76. The van der Waals surface area contributed by atoms with Crippen LogP contribution in [0.25, 0.3) is 0 Å². The molecule has 0 spiro atoms. The number of nitrogens with zero attached hydrogens (tertiary/aromatic N) is 1. The number of carboxylic acid groups (broad SMARTS) is 4. The topological polar surface area (TPSA) is 199 Å². The van der Waals surface area contributed by atoms with Crippen LogP contribution >= 0.6 is 0 Å². The number of ether oxygens (including phenoxy) is 1. The lowest BCUT2D eigenvalue weighted by atomic mass is 9.96. The van der Waals surface area contributed by atoms with Crippen molar-refractivity contribution in [1.29, 1.82) is 0 Å². The van der Waals surface area contributed by atoms with Crippen LogP contribution in [0.15, 0.2) is 0 Å². The monoisotopic (exact) mass is 395 g/mol. The normalized spacial score (nSPS) is 12.2. The Morgan fingerprint density at radius 1 is 1.00 bits per heavy atom. The Hall–Kier alpha value is -2.73. The molecule has 4 N–H and O–H groups in total. The summed E-state index contributed by atoms with van der Waals surface area (Å²) in [6, 6.07) is 0. The minimum absolute atomic E-state index is 0.255. The van der Waals surface area contributed by atoms with Crippen molar-refractivity contribution in [3.8, 4) is 0 Å². The molecule has 0 aromatic heterocycles. The largest absolute Gasteiger partial charge is 0.550 e. The van der Waals surface area contributed by atoms with Crippen LogP contribution in [0.3, 0.4) is 0 Å². The van der Waals surface area contributed by atoms with Crippen LogP contribution in [0.2, 0.25) is 0 Å². The number of carbonyl (C=O) groups is 5. The quantitative estimate of drug-likeness (QED) is 0.225. The summed E-state index contributed by atoms with van der Waals surface area (Å²) in [5, 5.41) is 44.2. The van der Waals surface area contributed by atoms with Crippen LogP contribution in [0.1, 0.15) is 26.2 Å². The van der Waals surface area contributed by atoms with Crippen LogP contribution < -0.4 is 5.11 Å². The summed E-state index contributed by atoms with van der Waals surface area (Å²) in [7, 11) is 5.68. The average Bonchev–Trinajstić information content (AvgIpc) is 2.32. The Bertz CT molecular complexity index is 533. The Balaban J connectivity index is 0. The van der Waals surface area contributed by atoms with E-state index in [4.69, 9.17) is 25.2 Å². The molecule has 0 aromatic carbocycles. The molecular formula is C15H25NO11. The highest BCUT2D eigenvalue weighted by Gasteiger charge is 2.40. The molecule has 0 amide bonds. The van der Waals surface area contributed by atoms with Crippen molar-refractivity contribution in [3.05, 3.63) is 0 Å². The van der Waals surface area contributed by atoms with Gasteiger partial charge in [0.2, 0.25) is 0 Å². The highest BCUT2D eigenvalue weighted by molar-refractivity contribution is 5.88. The van der Waals surface area contributed by atoms with E-state index in [-0.39, 0.29) is 6.42 Å². The van der Waals surface area contributed by atoms with E-state index in [1.54, 1.807) is 0 Å². The first kappa shape index (κ1) is 26.5. The van der Waals surface area contributed by atoms with Gasteiger partial charge in [-0.1, -0.05) is 0 Å². The zero-order chi connectivity index (χ0) is 22.0. The molecule has 1 unspecified atom stereocenters. The highest BCUT2D eigenvalue weighted by atomic mass is 16.5. The molecule has 12 nitrogen and oxygen atoms in total. The Labute approximate surface area is 155 Å². The van der Waals surface area contributed by atoms with Gasteiger partial charge in [0.1, 0.15) is 6.54 Å². The van der Waals surface area contributed by atoms with Crippen LogP contribution in [0.5, 0.6) is 0 Å². The van der Waals surface area contributed by atoms with E-state index < -0.39 is 54.4 Å². The van der Waals surface area contributed by atoms with E-state index in [0.717, 1.165) is 0 Å². The lowest BCUT2D eigenvalue weighted by molar-refractivity contribution is -0.873. The molecule has 0 aliphatic carbocycles. The standard InChI is InChI=1S/C9H17NO4.C6H8O7/c1-7(11)14-8(5-9(12)13)6-10(2,3)4;7-3(8)1-6(13,5(11)12)2-4(9)10/h8H,5-6H2,1-4H3;13H,1-2H2,(H,7,8)(H,9,10)(H,11,12). The molecule has 0 aromatic rings. The number of likely N-dealkylation sites (N-methyl/N-ethyl adjacent to an activating group) is 1. The first-order valence-corrected chi connectivity index (χ1v) is 7.55. The Morgan fingerprint density at radius 2 is 1.41 bits per heavy atom. The van der Waals surface area contributed by atoms with E-state index >= 15 is 0 Å². The van der Waals surface area contributed by atoms with Gasteiger partial charge >= 0.3 is 23.9 Å². The van der Waals surface area contributed by atoms with Crippen LogP contribution in [-0.4, -0.2) is 94.1 Å². The van der Waals surface area contributed by atoms with Gasteiger partial charge in [0, 0.05) is 19.3 Å². The van der Waals surface area contributed by atoms with Gasteiger partial charge in [-0.15, -0.1) is 0 Å². The van der Waals surface area contributed by atoms with Gasteiger partial charge in [-0.3, -0.25) is 14.4 Å². The fraction of sp³-hybridized carbons (Fsp3) is 0.667. The van der Waals surface area contributed by atoms with Crippen molar-refractivity contribution >= 4 is 29.8 Å². The van der Waals surface area contributed by atoms with Gasteiger partial charge in [0.15, 0.2) is 11.7 Å². The van der Waals surface area contributed by atoms with Crippen molar-refractivity contribution in [2.24, 2.45) is 0 Å². The van der Waals surface area contributed by atoms with Crippen molar-refractivity contribution in [2.75, 3.05) is 27.7 Å². The second-order valence-electron chi connectivity index (χ2n) is 6.76. The van der Waals surface area contributed by atoms with Gasteiger partial charge in [0.25, 0.3) is 0 Å². The third kappa shape index (κ3) is 15.3. The zero-order valence-corrected chi connectivity index (χ0v) is 15.5. The first-order chi connectivity index (χ1) is 12.0. The van der Waals surface area contributed by atoms with Gasteiger partial charge in [0.05, 0.1) is 34.0 Å². The first-order valence-electron chi connectivity index (χ1n) is 7.55. The lowest BCUT2D eigenvalue weighted by Crippen LogP contribution is -2.45. The number of esters is 1. The molecule has 0 heterocycles. The molecule has 0 radical (unpaired) electrons. The second-order valence-corrected chi connectivity index (χ2v) is 6.76. The smallest absolute Gasteiger partial charge is 0.336 e. The van der Waals surface area contributed by atoms with Crippen LogP contribution in [-0.2, 0) is 28.7 Å². The van der Waals surface area contributed by atoms with Gasteiger partial charge in [-0.05, 0) is 0 Å². The molecule has 0 bridgehead atoms. The van der Waals surface area contributed by atoms with Crippen LogP contribution in [0.4, 0.5) is 0 Å². The molecule has 1 atom stereocenters. The molecule has 27 heavy (non-hydrogen) atoms. The van der Waals surface area contributed by atoms with E-state index in [9.17, 15) is 29.1 Å². The summed E-state index contributed by atoms with van der Waals surface area (Å²) in [5.74, 6) is -6.69. The average molecular weight is 395 g/mol. The number of aliphatic carboxylic acids is 4. The fourth-order valence-electron chi connectivity index (χ4n) is 1.89. The molecule has 12 heteroatoms. The molecule has 0 fully saturated rings. The number of rotatable bonds is 10. The number of quaternary nitrogens is 1. The predicted molar refractivity (Wildman–Crippen MR) is 85.2 cm³/mol. The molecule has 0 saturated carbocycles. The molecule has 0 rings (SSSR count). The maximum Gasteiger partial charge on any atom is 0.336 e. The van der Waals surface area contributed by atoms with Crippen molar-refractivity contribution < 1.29 is 58.7 Å². The minimum atomic E-state index is -2.74. The number of carboxylic acids is 4. The number of aliphatic hydroxyl groups is 1. The molecule has 156 valence electrons. The van der Waals surface area contributed by atoms with E-state index in [1.165, 1.54) is 6.92 Å². The summed E-state index contributed by atoms with van der Waals surface area (Å²) in [5.41, 5.74) is -2.74. The number of carbonyl (C=O) groups excluding carboxylic acids is 2. The second kappa shape index (κ2) is 11.1. The zero-order valence-electron chi connectivity index (χ0n) is 15.5. The SMILES string of the molecule is CC(=O)OC(CC(=O)[O-])C[N+](C)(C)C.O=C(O)CC(O)(CC(=O)O)C(=O)O. The van der Waals surface area contributed by atoms with Gasteiger partial charge in [-0.2, -0.15) is 0 Å². The van der Waals surface area contributed by atoms with E-state index in [1.807, 2.05) is 21.1 Å². The summed E-state index contributed by atoms with van der Waals surface area (Å²) in [4.78, 5) is 51.5. The fourth-order valence-corrected chi connectivity index (χ4v) is 1.89. The molecular weight excluding hydrogens is 370 g/mol. The Kier molecular flexibility index (Phi) is 10.9. The van der Waals surface area contributed by atoms with Crippen LogP contribution in [0, 0.1) is 0 Å². The maximum absolute atomic E-state index is 10.7. The lowest BCUT2D eigenvalue weighted by Gasteiger charge is -2.28. The number of hydrogen-bond donors (Lipinski definition) is 4.